The maximum atomic E-state index is 11.5. The number of carbonyl (C=O) groups excluding carboxylic acids is 2. The van der Waals surface area contributed by atoms with E-state index in [-0.39, 0.29) is 17.5 Å². The number of hydrogen-bond donors (Lipinski definition) is 1. The normalized spacial score (nSPS) is 11.0. The fourth-order valence-electron chi connectivity index (χ4n) is 1.32. The van der Waals surface area contributed by atoms with Crippen LogP contribution in [0, 0.1) is 0 Å². The Morgan fingerprint density at radius 2 is 2.00 bits per heavy atom. The zero-order chi connectivity index (χ0) is 14.6. The summed E-state index contributed by atoms with van der Waals surface area (Å²) in [6, 6.07) is 3.08. The number of hydrogen-bond acceptors (Lipinski definition) is 4. The number of rotatable bonds is 3. The summed E-state index contributed by atoms with van der Waals surface area (Å²) >= 11 is 5.81. The van der Waals surface area contributed by atoms with Gasteiger partial charge in [-0.3, -0.25) is 4.79 Å². The average Bonchev–Trinajstić information content (AvgIpc) is 2.23. The van der Waals surface area contributed by atoms with E-state index in [1.807, 2.05) is 0 Å². The maximum Gasteiger partial charge on any atom is 0.407 e. The molecule has 1 rings (SSSR count). The number of halogens is 1. The van der Waals surface area contributed by atoms with Crippen LogP contribution in [-0.4, -0.2) is 22.5 Å². The number of alkyl carbamates (subject to hydrolysis) is 1. The van der Waals surface area contributed by atoms with Crippen LogP contribution in [0.1, 0.15) is 43.7 Å². The monoisotopic (exact) mass is 284 g/mol. The number of nitrogens with one attached hydrogen (secondary N) is 1. The summed E-state index contributed by atoms with van der Waals surface area (Å²) in [7, 11) is 0. The van der Waals surface area contributed by atoms with Crippen LogP contribution in [0.4, 0.5) is 4.79 Å². The van der Waals surface area contributed by atoms with E-state index < -0.39 is 11.7 Å². The highest BCUT2D eigenvalue weighted by Gasteiger charge is 2.16. The summed E-state index contributed by atoms with van der Waals surface area (Å²) in [5.41, 5.74) is 0.403. The third-order valence-electron chi connectivity index (χ3n) is 2.07. The molecule has 1 aromatic heterocycles. The summed E-state index contributed by atoms with van der Waals surface area (Å²) in [6.07, 6.45) is -0.543. The lowest BCUT2D eigenvalue weighted by atomic mass is 10.1. The molecule has 0 aliphatic carbocycles. The topological polar surface area (TPSA) is 68.3 Å². The van der Waals surface area contributed by atoms with Crippen LogP contribution in [0.3, 0.4) is 0 Å². The summed E-state index contributed by atoms with van der Waals surface area (Å²) in [6.45, 7) is 6.92. The van der Waals surface area contributed by atoms with Gasteiger partial charge < -0.3 is 10.1 Å². The minimum Gasteiger partial charge on any atom is -0.444 e. The van der Waals surface area contributed by atoms with Gasteiger partial charge in [-0.15, -0.1) is 0 Å². The largest absolute Gasteiger partial charge is 0.444 e. The zero-order valence-corrected chi connectivity index (χ0v) is 12.2. The predicted molar refractivity (Wildman–Crippen MR) is 72.3 cm³/mol. The van der Waals surface area contributed by atoms with Gasteiger partial charge in [-0.2, -0.15) is 0 Å². The zero-order valence-electron chi connectivity index (χ0n) is 11.4. The van der Waals surface area contributed by atoms with Gasteiger partial charge in [0.15, 0.2) is 5.78 Å². The van der Waals surface area contributed by atoms with Gasteiger partial charge in [-0.05, 0) is 39.8 Å². The first-order valence-corrected chi connectivity index (χ1v) is 6.19. The van der Waals surface area contributed by atoms with Crippen molar-refractivity contribution >= 4 is 23.5 Å². The molecule has 0 atom stereocenters. The number of ketones is 1. The number of pyridine rings is 1. The smallest absolute Gasteiger partial charge is 0.407 e. The summed E-state index contributed by atoms with van der Waals surface area (Å²) < 4.78 is 5.09. The molecule has 0 aromatic carbocycles. The fourth-order valence-corrected chi connectivity index (χ4v) is 1.55. The first-order valence-electron chi connectivity index (χ1n) is 5.81. The predicted octanol–water partition coefficient (Wildman–Crippen LogP) is 2.96. The van der Waals surface area contributed by atoms with Crippen LogP contribution in [0.15, 0.2) is 12.1 Å². The molecule has 0 saturated heterocycles. The molecule has 0 unspecified atom stereocenters. The van der Waals surface area contributed by atoms with E-state index in [0.717, 1.165) is 0 Å². The van der Waals surface area contributed by atoms with E-state index in [4.69, 9.17) is 16.3 Å². The molecule has 1 aromatic rings. The van der Waals surface area contributed by atoms with E-state index in [2.05, 4.69) is 10.3 Å². The van der Waals surface area contributed by atoms with Crippen molar-refractivity contribution in [1.29, 1.82) is 0 Å². The van der Waals surface area contributed by atoms with Crippen molar-refractivity contribution in [2.45, 2.75) is 39.8 Å². The SMILES string of the molecule is CC(=O)c1cc(Cl)nc(CNC(=O)OC(C)(C)C)c1. The molecule has 1 heterocycles. The molecule has 104 valence electrons. The summed E-state index contributed by atoms with van der Waals surface area (Å²) in [4.78, 5) is 26.8. The van der Waals surface area contributed by atoms with Crippen LogP contribution < -0.4 is 5.32 Å². The highest BCUT2D eigenvalue weighted by Crippen LogP contribution is 2.12. The Bertz CT molecular complexity index is 495. The summed E-state index contributed by atoms with van der Waals surface area (Å²) in [5.74, 6) is -0.109. The van der Waals surface area contributed by atoms with E-state index >= 15 is 0 Å². The van der Waals surface area contributed by atoms with Gasteiger partial charge in [0.2, 0.25) is 0 Å². The molecule has 0 radical (unpaired) electrons. The van der Waals surface area contributed by atoms with Crippen LogP contribution in [0.25, 0.3) is 0 Å². The van der Waals surface area contributed by atoms with Crippen LogP contribution in [0.2, 0.25) is 5.15 Å². The Morgan fingerprint density at radius 3 is 2.53 bits per heavy atom. The molecule has 0 fully saturated rings. The van der Waals surface area contributed by atoms with Crippen LogP contribution in [-0.2, 0) is 11.3 Å². The second-order valence-electron chi connectivity index (χ2n) is 5.08. The minimum absolute atomic E-state index is 0.109. The molecule has 1 amide bonds. The molecule has 1 N–H and O–H groups in total. The maximum absolute atomic E-state index is 11.5. The Morgan fingerprint density at radius 1 is 1.37 bits per heavy atom. The second-order valence-corrected chi connectivity index (χ2v) is 5.47. The molecular weight excluding hydrogens is 268 g/mol. The van der Waals surface area contributed by atoms with Crippen molar-refractivity contribution in [3.63, 3.8) is 0 Å². The van der Waals surface area contributed by atoms with Crippen molar-refractivity contribution in [3.8, 4) is 0 Å². The van der Waals surface area contributed by atoms with Crippen molar-refractivity contribution < 1.29 is 14.3 Å². The van der Waals surface area contributed by atoms with Crippen molar-refractivity contribution in [2.75, 3.05) is 0 Å². The Kier molecular flexibility index (Phi) is 4.89. The molecular formula is C13H17ClN2O3. The lowest BCUT2D eigenvalue weighted by Gasteiger charge is -2.19. The minimum atomic E-state index is -0.559. The lowest BCUT2D eigenvalue weighted by Crippen LogP contribution is -2.32. The first-order chi connectivity index (χ1) is 8.67. The van der Waals surface area contributed by atoms with Crippen LogP contribution in [0.5, 0.6) is 0 Å². The third-order valence-corrected chi connectivity index (χ3v) is 2.26. The summed E-state index contributed by atoms with van der Waals surface area (Å²) in [5, 5.41) is 2.77. The fraction of sp³-hybridized carbons (Fsp3) is 0.462. The van der Waals surface area contributed by atoms with Gasteiger partial charge >= 0.3 is 6.09 Å². The van der Waals surface area contributed by atoms with Crippen molar-refractivity contribution in [1.82, 2.24) is 10.3 Å². The molecule has 5 nitrogen and oxygen atoms in total. The van der Waals surface area contributed by atoms with E-state index in [1.165, 1.54) is 13.0 Å². The number of nitrogens with zero attached hydrogens (tertiary/aromatic N) is 1. The number of amides is 1. The highest BCUT2D eigenvalue weighted by atomic mass is 35.5. The van der Waals surface area contributed by atoms with Gasteiger partial charge in [0.25, 0.3) is 0 Å². The van der Waals surface area contributed by atoms with Crippen molar-refractivity contribution in [2.24, 2.45) is 0 Å². The number of ether oxygens (including phenoxy) is 1. The Labute approximate surface area is 117 Å². The highest BCUT2D eigenvalue weighted by molar-refractivity contribution is 6.29. The quantitative estimate of drug-likeness (QED) is 0.684. The van der Waals surface area contributed by atoms with Crippen LogP contribution >= 0.6 is 11.6 Å². The molecule has 0 aliphatic rings. The number of Topliss-reactive ketones (excluding diaryl/α,β-unsaturated/α-hetero) is 1. The van der Waals surface area contributed by atoms with E-state index in [1.54, 1.807) is 26.8 Å². The number of carbonyl (C=O) groups is 2. The Hall–Kier alpha value is -1.62. The second kappa shape index (κ2) is 6.02. The molecule has 0 bridgehead atoms. The van der Waals surface area contributed by atoms with Crippen molar-refractivity contribution in [3.05, 3.63) is 28.5 Å². The average molecular weight is 285 g/mol. The van der Waals surface area contributed by atoms with Gasteiger partial charge in [0, 0.05) is 5.56 Å². The number of aromatic nitrogens is 1. The lowest BCUT2D eigenvalue weighted by molar-refractivity contribution is 0.0523. The molecule has 19 heavy (non-hydrogen) atoms. The van der Waals surface area contributed by atoms with Gasteiger partial charge in [-0.25, -0.2) is 9.78 Å². The van der Waals surface area contributed by atoms with Gasteiger partial charge in [0.05, 0.1) is 12.2 Å². The molecule has 0 aliphatic heterocycles. The molecule has 6 heteroatoms. The third kappa shape index (κ3) is 5.70. The molecule has 0 saturated carbocycles. The van der Waals surface area contributed by atoms with E-state index in [0.29, 0.717) is 11.3 Å². The van der Waals surface area contributed by atoms with Gasteiger partial charge in [-0.1, -0.05) is 11.6 Å². The first kappa shape index (κ1) is 15.4. The standard InChI is InChI=1S/C13H17ClN2O3/c1-8(17)9-5-10(16-11(14)6-9)7-15-12(18)19-13(2,3)4/h5-6H,7H2,1-4H3,(H,15,18). The van der Waals surface area contributed by atoms with E-state index in [9.17, 15) is 9.59 Å². The van der Waals surface area contributed by atoms with Gasteiger partial charge in [0.1, 0.15) is 10.8 Å². The Balaban J connectivity index is 2.68. The molecule has 0 spiro atoms.